The van der Waals surface area contributed by atoms with Crippen molar-refractivity contribution < 1.29 is 0 Å². The molecule has 0 bridgehead atoms. The fourth-order valence-corrected chi connectivity index (χ4v) is 0.779. The lowest BCUT2D eigenvalue weighted by Gasteiger charge is -2.01. The van der Waals surface area contributed by atoms with Crippen LogP contribution in [-0.2, 0) is 0 Å². The smallest absolute Gasteiger partial charge is 0.0974 e. The first-order valence-electron chi connectivity index (χ1n) is 3.87. The SMILES string of the molecule is CC=C(Cl)NCCCCC. The van der Waals surface area contributed by atoms with E-state index < -0.39 is 0 Å². The van der Waals surface area contributed by atoms with Crippen LogP contribution in [0.15, 0.2) is 11.2 Å². The van der Waals surface area contributed by atoms with Crippen molar-refractivity contribution in [3.05, 3.63) is 11.2 Å². The zero-order valence-electron chi connectivity index (χ0n) is 6.78. The van der Waals surface area contributed by atoms with Gasteiger partial charge in [0.1, 0.15) is 0 Å². The minimum atomic E-state index is 0.760. The number of rotatable bonds is 5. The summed E-state index contributed by atoms with van der Waals surface area (Å²) in [6.07, 6.45) is 5.62. The standard InChI is InChI=1S/C8H16ClN/c1-3-5-6-7-10-8(9)4-2/h4,10H,3,5-7H2,1-2H3. The van der Waals surface area contributed by atoms with Gasteiger partial charge in [-0.15, -0.1) is 0 Å². The molecule has 0 aliphatic rings. The van der Waals surface area contributed by atoms with Crippen LogP contribution >= 0.6 is 11.6 Å². The number of halogens is 1. The van der Waals surface area contributed by atoms with Crippen molar-refractivity contribution in [3.8, 4) is 0 Å². The van der Waals surface area contributed by atoms with Crippen LogP contribution in [0.1, 0.15) is 33.1 Å². The molecule has 0 aliphatic carbocycles. The highest BCUT2D eigenvalue weighted by atomic mass is 35.5. The molecule has 0 rings (SSSR count). The first kappa shape index (κ1) is 9.83. The van der Waals surface area contributed by atoms with E-state index >= 15 is 0 Å². The number of unbranched alkanes of at least 4 members (excludes halogenated alkanes) is 2. The molecular formula is C8H16ClN. The maximum atomic E-state index is 5.69. The van der Waals surface area contributed by atoms with Crippen molar-refractivity contribution in [2.75, 3.05) is 6.54 Å². The first-order chi connectivity index (χ1) is 4.81. The van der Waals surface area contributed by atoms with Gasteiger partial charge in [0.05, 0.1) is 5.16 Å². The van der Waals surface area contributed by atoms with Crippen LogP contribution in [0.3, 0.4) is 0 Å². The summed E-state index contributed by atoms with van der Waals surface area (Å²) in [5.41, 5.74) is 0. The summed E-state index contributed by atoms with van der Waals surface area (Å²) in [6, 6.07) is 0. The second kappa shape index (κ2) is 6.94. The van der Waals surface area contributed by atoms with Crippen LogP contribution in [0.25, 0.3) is 0 Å². The van der Waals surface area contributed by atoms with E-state index in [-0.39, 0.29) is 0 Å². The minimum Gasteiger partial charge on any atom is -0.376 e. The Kier molecular flexibility index (Phi) is 6.83. The third-order valence-electron chi connectivity index (χ3n) is 1.33. The maximum Gasteiger partial charge on any atom is 0.0974 e. The number of hydrogen-bond donors (Lipinski definition) is 1. The Hall–Kier alpha value is -0.170. The van der Waals surface area contributed by atoms with Crippen LogP contribution in [-0.4, -0.2) is 6.54 Å². The predicted octanol–water partition coefficient (Wildman–Crippen LogP) is 2.87. The molecule has 1 N–H and O–H groups in total. The molecule has 0 unspecified atom stereocenters. The molecule has 0 atom stereocenters. The Morgan fingerprint density at radius 3 is 2.70 bits per heavy atom. The van der Waals surface area contributed by atoms with Gasteiger partial charge in [-0.1, -0.05) is 37.4 Å². The van der Waals surface area contributed by atoms with Gasteiger partial charge in [0.2, 0.25) is 0 Å². The van der Waals surface area contributed by atoms with Crippen LogP contribution in [0.2, 0.25) is 0 Å². The summed E-state index contributed by atoms with van der Waals surface area (Å²) < 4.78 is 0. The van der Waals surface area contributed by atoms with E-state index in [0.29, 0.717) is 0 Å². The normalized spacial score (nSPS) is 11.7. The summed E-state index contributed by atoms with van der Waals surface area (Å²) in [5, 5.41) is 3.85. The fourth-order valence-electron chi connectivity index (χ4n) is 0.685. The van der Waals surface area contributed by atoms with E-state index in [0.717, 1.165) is 11.7 Å². The van der Waals surface area contributed by atoms with Gasteiger partial charge in [-0.25, -0.2) is 0 Å². The predicted molar refractivity (Wildman–Crippen MR) is 47.1 cm³/mol. The van der Waals surface area contributed by atoms with Crippen molar-refractivity contribution in [2.24, 2.45) is 0 Å². The van der Waals surface area contributed by atoms with Gasteiger partial charge in [0.25, 0.3) is 0 Å². The Labute approximate surface area is 68.5 Å². The van der Waals surface area contributed by atoms with Crippen molar-refractivity contribution in [3.63, 3.8) is 0 Å². The second-order valence-electron chi connectivity index (χ2n) is 2.27. The molecule has 0 aromatic carbocycles. The van der Waals surface area contributed by atoms with E-state index in [2.05, 4.69) is 12.2 Å². The van der Waals surface area contributed by atoms with Crippen molar-refractivity contribution in [1.82, 2.24) is 5.32 Å². The number of allylic oxidation sites excluding steroid dienone is 1. The van der Waals surface area contributed by atoms with Gasteiger partial charge in [-0.3, -0.25) is 0 Å². The molecule has 0 heterocycles. The average Bonchev–Trinajstić information content (AvgIpc) is 1.98. The van der Waals surface area contributed by atoms with Crippen molar-refractivity contribution in [2.45, 2.75) is 33.1 Å². The van der Waals surface area contributed by atoms with E-state index in [1.807, 2.05) is 13.0 Å². The number of hydrogen-bond acceptors (Lipinski definition) is 1. The van der Waals surface area contributed by atoms with Gasteiger partial charge < -0.3 is 5.32 Å². The second-order valence-corrected chi connectivity index (χ2v) is 2.68. The monoisotopic (exact) mass is 161 g/mol. The molecule has 0 amide bonds. The molecule has 1 nitrogen and oxygen atoms in total. The minimum absolute atomic E-state index is 0.760. The van der Waals surface area contributed by atoms with Gasteiger partial charge in [-0.2, -0.15) is 0 Å². The Morgan fingerprint density at radius 2 is 2.20 bits per heavy atom. The molecule has 0 saturated carbocycles. The molecule has 0 saturated heterocycles. The molecule has 0 fully saturated rings. The van der Waals surface area contributed by atoms with Crippen LogP contribution in [0.4, 0.5) is 0 Å². The van der Waals surface area contributed by atoms with E-state index in [9.17, 15) is 0 Å². The third-order valence-corrected chi connectivity index (χ3v) is 1.68. The van der Waals surface area contributed by atoms with Crippen LogP contribution in [0.5, 0.6) is 0 Å². The van der Waals surface area contributed by atoms with E-state index in [4.69, 9.17) is 11.6 Å². The zero-order chi connectivity index (χ0) is 7.82. The lowest BCUT2D eigenvalue weighted by Crippen LogP contribution is -2.10. The molecule has 10 heavy (non-hydrogen) atoms. The zero-order valence-corrected chi connectivity index (χ0v) is 7.54. The molecular weight excluding hydrogens is 146 g/mol. The van der Waals surface area contributed by atoms with Gasteiger partial charge >= 0.3 is 0 Å². The molecule has 0 aromatic heterocycles. The number of nitrogens with one attached hydrogen (secondary N) is 1. The van der Waals surface area contributed by atoms with Crippen LogP contribution in [0, 0.1) is 0 Å². The van der Waals surface area contributed by atoms with Crippen molar-refractivity contribution >= 4 is 11.6 Å². The maximum absolute atomic E-state index is 5.69. The highest BCUT2D eigenvalue weighted by Gasteiger charge is 1.87. The van der Waals surface area contributed by atoms with Gasteiger partial charge in [0, 0.05) is 6.54 Å². The van der Waals surface area contributed by atoms with Crippen LogP contribution < -0.4 is 5.32 Å². The topological polar surface area (TPSA) is 12.0 Å². The lowest BCUT2D eigenvalue weighted by molar-refractivity contribution is 0.678. The fraction of sp³-hybridized carbons (Fsp3) is 0.750. The summed E-state index contributed by atoms with van der Waals surface area (Å²) in [7, 11) is 0. The van der Waals surface area contributed by atoms with E-state index in [1.165, 1.54) is 19.3 Å². The molecule has 0 spiro atoms. The third kappa shape index (κ3) is 5.96. The summed E-state index contributed by atoms with van der Waals surface area (Å²) in [6.45, 7) is 5.11. The Bertz CT molecular complexity index is 99.4. The molecule has 2 heteroatoms. The molecule has 60 valence electrons. The van der Waals surface area contributed by atoms with Crippen molar-refractivity contribution in [1.29, 1.82) is 0 Å². The average molecular weight is 162 g/mol. The molecule has 0 aromatic rings. The van der Waals surface area contributed by atoms with E-state index in [1.54, 1.807) is 0 Å². The highest BCUT2D eigenvalue weighted by Crippen LogP contribution is 1.96. The Morgan fingerprint density at radius 1 is 1.50 bits per heavy atom. The lowest BCUT2D eigenvalue weighted by atomic mass is 10.2. The molecule has 0 radical (unpaired) electrons. The largest absolute Gasteiger partial charge is 0.376 e. The van der Waals surface area contributed by atoms with Gasteiger partial charge in [-0.05, 0) is 13.3 Å². The summed E-state index contributed by atoms with van der Waals surface area (Å²) >= 11 is 5.69. The highest BCUT2D eigenvalue weighted by molar-refractivity contribution is 6.29. The van der Waals surface area contributed by atoms with Gasteiger partial charge in [0.15, 0.2) is 0 Å². The summed E-state index contributed by atoms with van der Waals surface area (Å²) in [5.74, 6) is 0. The first-order valence-corrected chi connectivity index (χ1v) is 4.24. The summed E-state index contributed by atoms with van der Waals surface area (Å²) in [4.78, 5) is 0. The Balaban J connectivity index is 3.04. The molecule has 0 aliphatic heterocycles. The quantitative estimate of drug-likeness (QED) is 0.483.